The van der Waals surface area contributed by atoms with Gasteiger partial charge >= 0.3 is 0 Å². The van der Waals surface area contributed by atoms with Gasteiger partial charge in [-0.1, -0.05) is 5.92 Å². The molecule has 8 heteroatoms. The Balaban J connectivity index is 1.51. The first-order valence-electron chi connectivity index (χ1n) is 7.32. The number of hydrogen-bond acceptors (Lipinski definition) is 4. The van der Waals surface area contributed by atoms with E-state index in [0.29, 0.717) is 29.9 Å². The lowest BCUT2D eigenvalue weighted by atomic mass is 10.2. The molecule has 0 aliphatic carbocycles. The van der Waals surface area contributed by atoms with Crippen LogP contribution in [0.2, 0.25) is 0 Å². The van der Waals surface area contributed by atoms with Gasteiger partial charge in [0.25, 0.3) is 5.91 Å². The average molecular weight is 342 g/mol. The van der Waals surface area contributed by atoms with Gasteiger partial charge in [0, 0.05) is 25.0 Å². The summed E-state index contributed by atoms with van der Waals surface area (Å²) in [5, 5.41) is 9.31. The van der Waals surface area contributed by atoms with E-state index in [2.05, 4.69) is 32.3 Å². The molecule has 0 fully saturated rings. The maximum atomic E-state index is 13.4. The van der Waals surface area contributed by atoms with Crippen LogP contribution in [0.4, 0.5) is 8.78 Å². The van der Waals surface area contributed by atoms with Gasteiger partial charge in [-0.05, 0) is 24.3 Å². The van der Waals surface area contributed by atoms with Gasteiger partial charge in [0.05, 0.1) is 11.8 Å². The van der Waals surface area contributed by atoms with E-state index in [1.54, 1.807) is 12.1 Å². The maximum Gasteiger partial charge on any atom is 0.296 e. The fourth-order valence-electron chi connectivity index (χ4n) is 1.98. The summed E-state index contributed by atoms with van der Waals surface area (Å²) in [6.45, 7) is 0.270. The molecule has 6 nitrogen and oxygen atoms in total. The van der Waals surface area contributed by atoms with Crippen molar-refractivity contribution in [3.8, 4) is 23.4 Å². The molecule has 1 amide bonds. The molecule has 126 valence electrons. The molecule has 0 saturated heterocycles. The minimum absolute atomic E-state index is 0.0464. The molecule has 0 radical (unpaired) electrons. The van der Waals surface area contributed by atoms with Crippen molar-refractivity contribution in [2.45, 2.75) is 6.42 Å². The lowest BCUT2D eigenvalue weighted by Gasteiger charge is -1.98. The molecule has 2 heterocycles. The number of benzene rings is 1. The zero-order valence-corrected chi connectivity index (χ0v) is 12.8. The van der Waals surface area contributed by atoms with E-state index >= 15 is 0 Å². The Kier molecular flexibility index (Phi) is 4.85. The molecule has 3 rings (SSSR count). The molecule has 1 aromatic carbocycles. The highest BCUT2D eigenvalue weighted by Crippen LogP contribution is 2.14. The molecule has 2 N–H and O–H groups in total. The van der Waals surface area contributed by atoms with Crippen molar-refractivity contribution in [3.05, 3.63) is 59.6 Å². The van der Waals surface area contributed by atoms with Crippen LogP contribution in [0.25, 0.3) is 11.6 Å². The molecule has 0 saturated carbocycles. The zero-order valence-electron chi connectivity index (χ0n) is 12.8. The van der Waals surface area contributed by atoms with Crippen molar-refractivity contribution in [2.75, 3.05) is 6.54 Å². The molecule has 3 aromatic rings. The third-order valence-corrected chi connectivity index (χ3v) is 3.16. The highest BCUT2D eigenvalue weighted by molar-refractivity contribution is 5.94. The largest absolute Gasteiger partial charge is 0.461 e. The SMILES string of the molecule is O=C(C#Cc1ccc(F)cc1F)NCCc1nc(-c2ccco2)n[nH]1. The fourth-order valence-corrected chi connectivity index (χ4v) is 1.98. The Morgan fingerprint density at radius 3 is 2.96 bits per heavy atom. The zero-order chi connectivity index (χ0) is 17.6. The molecule has 0 bridgehead atoms. The molecule has 0 atom stereocenters. The van der Waals surface area contributed by atoms with E-state index < -0.39 is 17.5 Å². The molecule has 0 aliphatic rings. The third kappa shape index (κ3) is 4.29. The molecule has 0 unspecified atom stereocenters. The van der Waals surface area contributed by atoms with Crippen molar-refractivity contribution in [1.29, 1.82) is 0 Å². The van der Waals surface area contributed by atoms with Gasteiger partial charge in [-0.3, -0.25) is 9.89 Å². The van der Waals surface area contributed by atoms with Gasteiger partial charge in [-0.15, -0.1) is 0 Å². The smallest absolute Gasteiger partial charge is 0.296 e. The van der Waals surface area contributed by atoms with E-state index in [9.17, 15) is 13.6 Å². The number of nitrogens with zero attached hydrogens (tertiary/aromatic N) is 2. The van der Waals surface area contributed by atoms with Gasteiger partial charge in [-0.2, -0.15) is 5.10 Å². The first-order chi connectivity index (χ1) is 12.1. The number of amides is 1. The first-order valence-corrected chi connectivity index (χ1v) is 7.32. The van der Waals surface area contributed by atoms with E-state index in [1.807, 2.05) is 0 Å². The Morgan fingerprint density at radius 2 is 2.20 bits per heavy atom. The molecular formula is C17H12F2N4O2. The topological polar surface area (TPSA) is 83.8 Å². The summed E-state index contributed by atoms with van der Waals surface area (Å²) in [4.78, 5) is 15.9. The molecule has 25 heavy (non-hydrogen) atoms. The summed E-state index contributed by atoms with van der Waals surface area (Å²) in [5.74, 6) is 4.06. The van der Waals surface area contributed by atoms with Crippen molar-refractivity contribution in [1.82, 2.24) is 20.5 Å². The second-order valence-electron chi connectivity index (χ2n) is 4.96. The Hall–Kier alpha value is -3.47. The average Bonchev–Trinajstić information content (AvgIpc) is 3.25. The number of furan rings is 1. The second-order valence-corrected chi connectivity index (χ2v) is 4.96. The number of halogens is 2. The minimum atomic E-state index is -0.813. The van der Waals surface area contributed by atoms with Crippen molar-refractivity contribution in [2.24, 2.45) is 0 Å². The predicted molar refractivity (Wildman–Crippen MR) is 84.0 cm³/mol. The first kappa shape index (κ1) is 16.4. The predicted octanol–water partition coefficient (Wildman–Crippen LogP) is 2.05. The summed E-state index contributed by atoms with van der Waals surface area (Å²) in [5.41, 5.74) is -0.0464. The van der Waals surface area contributed by atoms with Crippen LogP contribution in [-0.4, -0.2) is 27.6 Å². The van der Waals surface area contributed by atoms with E-state index in [1.165, 1.54) is 12.3 Å². The van der Waals surface area contributed by atoms with Crippen molar-refractivity contribution < 1.29 is 18.0 Å². The molecular weight excluding hydrogens is 330 g/mol. The normalized spacial score (nSPS) is 10.2. The molecule has 0 spiro atoms. The summed E-state index contributed by atoms with van der Waals surface area (Å²) in [7, 11) is 0. The standard InChI is InChI=1S/C17H12F2N4O2/c18-12-5-3-11(13(19)10-12)4-6-16(24)20-8-7-15-21-17(23-22-15)14-2-1-9-25-14/h1-3,5,9-10H,7-8H2,(H,20,24)(H,21,22,23). The number of nitrogens with one attached hydrogen (secondary N) is 2. The Labute approximate surface area is 141 Å². The Bertz CT molecular complexity index is 939. The quantitative estimate of drug-likeness (QED) is 0.711. The highest BCUT2D eigenvalue weighted by atomic mass is 19.1. The molecule has 2 aromatic heterocycles. The van der Waals surface area contributed by atoms with Gasteiger partial charge in [-0.25, -0.2) is 13.8 Å². The number of aromatic amines is 1. The van der Waals surface area contributed by atoms with E-state index in [4.69, 9.17) is 4.42 Å². The van der Waals surface area contributed by atoms with Crippen LogP contribution in [0.5, 0.6) is 0 Å². The molecule has 0 aliphatic heterocycles. The number of rotatable bonds is 4. The Morgan fingerprint density at radius 1 is 1.32 bits per heavy atom. The van der Waals surface area contributed by atoms with E-state index in [0.717, 1.165) is 6.07 Å². The van der Waals surface area contributed by atoms with Crippen LogP contribution in [-0.2, 0) is 11.2 Å². The minimum Gasteiger partial charge on any atom is -0.461 e. The monoisotopic (exact) mass is 342 g/mol. The van der Waals surface area contributed by atoms with Gasteiger partial charge in [0.1, 0.15) is 17.5 Å². The van der Waals surface area contributed by atoms with Crippen LogP contribution in [0, 0.1) is 23.5 Å². The van der Waals surface area contributed by atoms with Gasteiger partial charge in [0.15, 0.2) is 5.76 Å². The van der Waals surface area contributed by atoms with E-state index in [-0.39, 0.29) is 12.1 Å². The third-order valence-electron chi connectivity index (χ3n) is 3.16. The van der Waals surface area contributed by atoms with Crippen LogP contribution in [0.1, 0.15) is 11.4 Å². The summed E-state index contributed by atoms with van der Waals surface area (Å²) in [6.07, 6.45) is 1.93. The summed E-state index contributed by atoms with van der Waals surface area (Å²) < 4.78 is 31.3. The number of carbonyl (C=O) groups excluding carboxylic acids is 1. The number of carbonyl (C=O) groups is 1. The van der Waals surface area contributed by atoms with Crippen molar-refractivity contribution in [3.63, 3.8) is 0 Å². The fraction of sp³-hybridized carbons (Fsp3) is 0.118. The van der Waals surface area contributed by atoms with Crippen LogP contribution in [0.3, 0.4) is 0 Å². The van der Waals surface area contributed by atoms with Gasteiger partial charge < -0.3 is 9.73 Å². The number of H-pyrrole nitrogens is 1. The van der Waals surface area contributed by atoms with Crippen LogP contribution >= 0.6 is 0 Å². The van der Waals surface area contributed by atoms with Crippen LogP contribution in [0.15, 0.2) is 41.0 Å². The van der Waals surface area contributed by atoms with Crippen LogP contribution < -0.4 is 5.32 Å². The summed E-state index contributed by atoms with van der Waals surface area (Å²) in [6, 6.07) is 6.43. The summed E-state index contributed by atoms with van der Waals surface area (Å²) >= 11 is 0. The number of aromatic nitrogens is 3. The maximum absolute atomic E-state index is 13.4. The highest BCUT2D eigenvalue weighted by Gasteiger charge is 2.08. The lowest BCUT2D eigenvalue weighted by Crippen LogP contribution is -2.24. The van der Waals surface area contributed by atoms with Gasteiger partial charge in [0.2, 0.25) is 5.82 Å². The lowest BCUT2D eigenvalue weighted by molar-refractivity contribution is -0.115. The van der Waals surface area contributed by atoms with Crippen molar-refractivity contribution >= 4 is 5.91 Å². The second kappa shape index (κ2) is 7.40. The number of hydrogen-bond donors (Lipinski definition) is 2.